The number of halogens is 1. The van der Waals surface area contributed by atoms with Gasteiger partial charge in [-0.05, 0) is 36.8 Å². The topological polar surface area (TPSA) is 56.8 Å². The molecule has 0 radical (unpaired) electrons. The van der Waals surface area contributed by atoms with E-state index in [9.17, 15) is 14.0 Å². The van der Waals surface area contributed by atoms with E-state index in [4.69, 9.17) is 0 Å². The number of aromatic nitrogens is 1. The molecule has 1 aromatic carbocycles. The van der Waals surface area contributed by atoms with Gasteiger partial charge >= 0.3 is 6.03 Å². The van der Waals surface area contributed by atoms with E-state index in [1.807, 2.05) is 28.9 Å². The fourth-order valence-electron chi connectivity index (χ4n) is 4.56. The zero-order valence-electron chi connectivity index (χ0n) is 16.9. The van der Waals surface area contributed by atoms with Crippen LogP contribution in [0, 0.1) is 24.6 Å². The van der Waals surface area contributed by atoms with Gasteiger partial charge in [0.25, 0.3) is 5.91 Å². The Bertz CT molecular complexity index is 931. The Morgan fingerprint density at radius 2 is 1.93 bits per heavy atom. The molecule has 0 bridgehead atoms. The van der Waals surface area contributed by atoms with Crippen molar-refractivity contribution in [1.29, 1.82) is 0 Å². The normalized spacial score (nSPS) is 23.2. The van der Waals surface area contributed by atoms with Gasteiger partial charge in [-0.1, -0.05) is 12.1 Å². The number of likely N-dealkylation sites (tertiary alicyclic amines) is 2. The molecule has 0 N–H and O–H groups in total. The molecule has 4 rings (SSSR count). The summed E-state index contributed by atoms with van der Waals surface area (Å²) in [5.74, 6) is -0.132. The van der Waals surface area contributed by atoms with Crippen LogP contribution >= 0.6 is 0 Å². The molecule has 2 saturated heterocycles. The maximum atomic E-state index is 13.9. The third-order valence-corrected chi connectivity index (χ3v) is 5.93. The van der Waals surface area contributed by atoms with Crippen molar-refractivity contribution in [3.05, 3.63) is 65.2 Å². The Kier molecular flexibility index (Phi) is 4.98. The molecule has 29 heavy (non-hydrogen) atoms. The van der Waals surface area contributed by atoms with Crippen LogP contribution in [0.3, 0.4) is 0 Å². The molecule has 152 valence electrons. The second-order valence-electron chi connectivity index (χ2n) is 8.15. The fraction of sp³-hybridized carbons (Fsp3) is 0.409. The molecule has 1 aromatic heterocycles. The third kappa shape index (κ3) is 3.57. The lowest BCUT2D eigenvalue weighted by Crippen LogP contribution is -2.42. The van der Waals surface area contributed by atoms with Gasteiger partial charge in [-0.3, -0.25) is 9.78 Å². The maximum absolute atomic E-state index is 13.9. The number of carbonyl (C=O) groups excluding carboxylic acids is 2. The van der Waals surface area contributed by atoms with Gasteiger partial charge in [-0.25, -0.2) is 9.18 Å². The average molecular weight is 396 g/mol. The minimum Gasteiger partial charge on any atom is -0.338 e. The van der Waals surface area contributed by atoms with E-state index >= 15 is 0 Å². The molecule has 0 saturated carbocycles. The monoisotopic (exact) mass is 396 g/mol. The average Bonchev–Trinajstić information content (AvgIpc) is 3.25. The standard InChI is InChI=1S/C22H25FN4O2/c1-14-7-8-16(10-24-14)21(28)26-11-17-12-27(22(29)25(2)3)20(19(17)13-26)15-5-4-6-18(23)9-15/h4-10,17,19-20H,11-13H2,1-3H3/t17-,19-,20+/m1/s1. The number of benzene rings is 1. The molecule has 0 unspecified atom stereocenters. The van der Waals surface area contributed by atoms with E-state index in [1.165, 1.54) is 12.1 Å². The largest absolute Gasteiger partial charge is 0.338 e. The molecule has 7 heteroatoms. The molecular weight excluding hydrogens is 371 g/mol. The molecule has 3 atom stereocenters. The van der Waals surface area contributed by atoms with Crippen LogP contribution in [-0.2, 0) is 0 Å². The van der Waals surface area contributed by atoms with Gasteiger partial charge in [0.2, 0.25) is 0 Å². The summed E-state index contributed by atoms with van der Waals surface area (Å²) in [4.78, 5) is 35.2. The third-order valence-electron chi connectivity index (χ3n) is 5.93. The van der Waals surface area contributed by atoms with Crippen LogP contribution in [0.1, 0.15) is 27.7 Å². The summed E-state index contributed by atoms with van der Waals surface area (Å²) < 4.78 is 13.9. The number of rotatable bonds is 2. The maximum Gasteiger partial charge on any atom is 0.320 e. The predicted molar refractivity (Wildman–Crippen MR) is 107 cm³/mol. The molecule has 3 amide bonds. The molecule has 0 aliphatic carbocycles. The van der Waals surface area contributed by atoms with Crippen molar-refractivity contribution in [1.82, 2.24) is 19.7 Å². The lowest BCUT2D eigenvalue weighted by molar-refractivity contribution is 0.0766. The van der Waals surface area contributed by atoms with Crippen molar-refractivity contribution in [3.63, 3.8) is 0 Å². The summed E-state index contributed by atoms with van der Waals surface area (Å²) in [6.45, 7) is 3.56. The van der Waals surface area contributed by atoms with Gasteiger partial charge in [0.05, 0.1) is 11.6 Å². The lowest BCUT2D eigenvalue weighted by Gasteiger charge is -2.32. The first-order valence-corrected chi connectivity index (χ1v) is 9.80. The molecule has 3 heterocycles. The minimum absolute atomic E-state index is 0.0459. The number of fused-ring (bicyclic) bond motifs is 1. The Hall–Kier alpha value is -2.96. The van der Waals surface area contributed by atoms with Gasteiger partial charge in [-0.15, -0.1) is 0 Å². The molecule has 2 aliphatic heterocycles. The summed E-state index contributed by atoms with van der Waals surface area (Å²) in [5, 5.41) is 0. The predicted octanol–water partition coefficient (Wildman–Crippen LogP) is 2.96. The summed E-state index contributed by atoms with van der Waals surface area (Å²) in [7, 11) is 3.44. The van der Waals surface area contributed by atoms with Crippen LogP contribution in [0.5, 0.6) is 0 Å². The van der Waals surface area contributed by atoms with Gasteiger partial charge in [0.15, 0.2) is 0 Å². The highest BCUT2D eigenvalue weighted by Crippen LogP contribution is 2.45. The number of urea groups is 1. The van der Waals surface area contributed by atoms with E-state index in [-0.39, 0.29) is 35.6 Å². The Morgan fingerprint density at radius 1 is 1.14 bits per heavy atom. The number of carbonyl (C=O) groups is 2. The smallest absolute Gasteiger partial charge is 0.320 e. The zero-order valence-corrected chi connectivity index (χ0v) is 16.9. The molecule has 0 spiro atoms. The van der Waals surface area contributed by atoms with Crippen LogP contribution in [0.15, 0.2) is 42.6 Å². The van der Waals surface area contributed by atoms with Crippen molar-refractivity contribution in [3.8, 4) is 0 Å². The van der Waals surface area contributed by atoms with E-state index in [1.54, 1.807) is 37.3 Å². The quantitative estimate of drug-likeness (QED) is 0.784. The number of hydrogen-bond donors (Lipinski definition) is 0. The minimum atomic E-state index is -0.320. The lowest BCUT2D eigenvalue weighted by atomic mass is 9.89. The molecule has 2 fully saturated rings. The zero-order chi connectivity index (χ0) is 20.7. The molecule has 6 nitrogen and oxygen atoms in total. The summed E-state index contributed by atoms with van der Waals surface area (Å²) >= 11 is 0. The van der Waals surface area contributed by atoms with E-state index in [0.29, 0.717) is 25.2 Å². The van der Waals surface area contributed by atoms with Crippen molar-refractivity contribution < 1.29 is 14.0 Å². The summed E-state index contributed by atoms with van der Waals surface area (Å²) in [5.41, 5.74) is 2.21. The number of amides is 3. The van der Waals surface area contributed by atoms with Crippen molar-refractivity contribution >= 4 is 11.9 Å². The number of nitrogens with zero attached hydrogens (tertiary/aromatic N) is 4. The van der Waals surface area contributed by atoms with Crippen LogP contribution < -0.4 is 0 Å². The first-order valence-electron chi connectivity index (χ1n) is 9.80. The van der Waals surface area contributed by atoms with Crippen LogP contribution in [-0.4, -0.2) is 65.4 Å². The van der Waals surface area contributed by atoms with Gasteiger partial charge in [-0.2, -0.15) is 0 Å². The van der Waals surface area contributed by atoms with Crippen LogP contribution in [0.4, 0.5) is 9.18 Å². The number of pyridine rings is 1. The van der Waals surface area contributed by atoms with Gasteiger partial charge in [0, 0.05) is 57.5 Å². The highest BCUT2D eigenvalue weighted by Gasteiger charge is 2.50. The molecule has 2 aromatic rings. The highest BCUT2D eigenvalue weighted by atomic mass is 19.1. The molecular formula is C22H25FN4O2. The van der Waals surface area contributed by atoms with E-state index < -0.39 is 0 Å². The van der Waals surface area contributed by atoms with Gasteiger partial charge in [0.1, 0.15) is 5.82 Å². The Labute approximate surface area is 169 Å². The first kappa shape index (κ1) is 19.4. The number of aryl methyl sites for hydroxylation is 1. The first-order chi connectivity index (χ1) is 13.8. The summed E-state index contributed by atoms with van der Waals surface area (Å²) in [6.07, 6.45) is 1.61. The van der Waals surface area contributed by atoms with Crippen molar-refractivity contribution in [2.45, 2.75) is 13.0 Å². The second kappa shape index (κ2) is 7.46. The molecule has 2 aliphatic rings. The highest BCUT2D eigenvalue weighted by molar-refractivity contribution is 5.94. The van der Waals surface area contributed by atoms with Crippen LogP contribution in [0.25, 0.3) is 0 Å². The van der Waals surface area contributed by atoms with Crippen molar-refractivity contribution in [2.24, 2.45) is 11.8 Å². The van der Waals surface area contributed by atoms with E-state index in [0.717, 1.165) is 11.3 Å². The van der Waals surface area contributed by atoms with Gasteiger partial charge < -0.3 is 14.7 Å². The summed E-state index contributed by atoms with van der Waals surface area (Å²) in [6, 6.07) is 9.73. The van der Waals surface area contributed by atoms with Crippen LogP contribution in [0.2, 0.25) is 0 Å². The Balaban J connectivity index is 1.61. The number of hydrogen-bond acceptors (Lipinski definition) is 3. The van der Waals surface area contributed by atoms with E-state index in [2.05, 4.69) is 4.98 Å². The second-order valence-corrected chi connectivity index (χ2v) is 8.15. The fourth-order valence-corrected chi connectivity index (χ4v) is 4.56. The Morgan fingerprint density at radius 3 is 2.59 bits per heavy atom. The SMILES string of the molecule is Cc1ccc(C(=O)N2C[C@@H]3CN(C(=O)N(C)C)[C@@H](c4cccc(F)c4)[C@@H]3C2)cn1. The van der Waals surface area contributed by atoms with Crippen molar-refractivity contribution in [2.75, 3.05) is 33.7 Å².